The van der Waals surface area contributed by atoms with Gasteiger partial charge in [-0.2, -0.15) is 0 Å². The van der Waals surface area contributed by atoms with Gasteiger partial charge in [-0.05, 0) is 71.1 Å². The molecule has 53 heavy (non-hydrogen) atoms. The van der Waals surface area contributed by atoms with Crippen molar-refractivity contribution in [1.29, 1.82) is 0 Å². The summed E-state index contributed by atoms with van der Waals surface area (Å²) < 4.78 is 11.0. The van der Waals surface area contributed by atoms with Gasteiger partial charge in [-0.1, -0.05) is 120 Å². The zero-order valence-electron chi connectivity index (χ0n) is 33.0. The number of nitrogens with one attached hydrogen (secondary N) is 1. The van der Waals surface area contributed by atoms with Crippen molar-refractivity contribution >= 4 is 5.91 Å². The Morgan fingerprint density at radius 3 is 1.79 bits per heavy atom. The maximum atomic E-state index is 13.0. The second-order valence-corrected chi connectivity index (χ2v) is 14.7. The number of allylic oxidation sites excluding steroid dienone is 6. The van der Waals surface area contributed by atoms with Crippen molar-refractivity contribution < 1.29 is 50.0 Å². The lowest BCUT2D eigenvalue weighted by Gasteiger charge is -2.40. The molecule has 11 heteroatoms. The van der Waals surface area contributed by atoms with Gasteiger partial charge in [0.2, 0.25) is 5.91 Å². The van der Waals surface area contributed by atoms with Gasteiger partial charge in [0, 0.05) is 0 Å². The summed E-state index contributed by atoms with van der Waals surface area (Å²) >= 11 is 0. The molecule has 0 aromatic heterocycles. The third-order valence-electron chi connectivity index (χ3n) is 9.99. The fourth-order valence-electron chi connectivity index (χ4n) is 6.46. The van der Waals surface area contributed by atoms with Gasteiger partial charge in [-0.3, -0.25) is 4.79 Å². The van der Waals surface area contributed by atoms with Crippen LogP contribution in [0.1, 0.15) is 155 Å². The van der Waals surface area contributed by atoms with Crippen LogP contribution in [0.4, 0.5) is 0 Å². The van der Waals surface area contributed by atoms with E-state index in [0.717, 1.165) is 51.4 Å². The SMILES string of the molecule is C/C=C/CC/C=C/CCCC(O)C(O)C(COC1OC(CO)C(O)C(O)C1O)NC(=O)C(O)CCCCCCCC/C=C\CCCCCCCCCC. The van der Waals surface area contributed by atoms with Crippen LogP contribution >= 0.6 is 0 Å². The lowest BCUT2D eigenvalue weighted by molar-refractivity contribution is -0.303. The van der Waals surface area contributed by atoms with Gasteiger partial charge in [-0.15, -0.1) is 0 Å². The first-order chi connectivity index (χ1) is 25.7. The Balaban J connectivity index is 2.46. The molecule has 1 heterocycles. The number of rotatable bonds is 33. The molecule has 0 spiro atoms. The van der Waals surface area contributed by atoms with Crippen LogP contribution in [0.2, 0.25) is 0 Å². The summed E-state index contributed by atoms with van der Waals surface area (Å²) in [4.78, 5) is 13.0. The molecule has 9 atom stereocenters. The van der Waals surface area contributed by atoms with E-state index in [9.17, 15) is 40.5 Å². The Hall–Kier alpha value is -1.67. The lowest BCUT2D eigenvalue weighted by Crippen LogP contribution is -2.60. The van der Waals surface area contributed by atoms with Crippen LogP contribution in [0.3, 0.4) is 0 Å². The van der Waals surface area contributed by atoms with Crippen LogP contribution in [0.25, 0.3) is 0 Å². The van der Waals surface area contributed by atoms with Crippen LogP contribution in [0.5, 0.6) is 0 Å². The van der Waals surface area contributed by atoms with Gasteiger partial charge in [0.15, 0.2) is 6.29 Å². The van der Waals surface area contributed by atoms with Crippen molar-refractivity contribution in [2.45, 2.75) is 210 Å². The summed E-state index contributed by atoms with van der Waals surface area (Å²) in [6, 6.07) is -1.19. The molecule has 0 aliphatic carbocycles. The Bertz CT molecular complexity index is 960. The van der Waals surface area contributed by atoms with Gasteiger partial charge < -0.3 is 50.5 Å². The lowest BCUT2D eigenvalue weighted by atomic mass is 9.98. The second-order valence-electron chi connectivity index (χ2n) is 14.7. The minimum atomic E-state index is -1.67. The molecular weight excluding hydrogens is 678 g/mol. The van der Waals surface area contributed by atoms with Crippen molar-refractivity contribution in [2.75, 3.05) is 13.2 Å². The molecule has 0 aromatic carbocycles. The van der Waals surface area contributed by atoms with Gasteiger partial charge in [0.05, 0.1) is 25.4 Å². The highest BCUT2D eigenvalue weighted by molar-refractivity contribution is 5.80. The Labute approximate surface area is 320 Å². The van der Waals surface area contributed by atoms with Crippen molar-refractivity contribution in [3.8, 4) is 0 Å². The molecule has 0 radical (unpaired) electrons. The quantitative estimate of drug-likeness (QED) is 0.0307. The fourth-order valence-corrected chi connectivity index (χ4v) is 6.46. The van der Waals surface area contributed by atoms with E-state index in [4.69, 9.17) is 9.47 Å². The van der Waals surface area contributed by atoms with Gasteiger partial charge in [-0.25, -0.2) is 0 Å². The zero-order valence-corrected chi connectivity index (χ0v) is 33.0. The number of aliphatic hydroxyl groups is 7. The highest BCUT2D eigenvalue weighted by Crippen LogP contribution is 2.23. The molecule has 0 bridgehead atoms. The van der Waals surface area contributed by atoms with E-state index in [1.54, 1.807) is 0 Å². The number of aliphatic hydroxyl groups excluding tert-OH is 7. The van der Waals surface area contributed by atoms with E-state index in [1.165, 1.54) is 57.8 Å². The Kier molecular flexibility index (Phi) is 30.3. The maximum absolute atomic E-state index is 13.0. The minimum Gasteiger partial charge on any atom is -0.394 e. The minimum absolute atomic E-state index is 0.241. The molecule has 310 valence electrons. The smallest absolute Gasteiger partial charge is 0.249 e. The van der Waals surface area contributed by atoms with Crippen LogP contribution in [0, 0.1) is 0 Å². The highest BCUT2D eigenvalue weighted by Gasteiger charge is 2.44. The average molecular weight is 756 g/mol. The Morgan fingerprint density at radius 1 is 0.679 bits per heavy atom. The van der Waals surface area contributed by atoms with E-state index in [0.29, 0.717) is 19.3 Å². The molecule has 1 rings (SSSR count). The van der Waals surface area contributed by atoms with Crippen molar-refractivity contribution in [3.05, 3.63) is 36.5 Å². The second kappa shape index (κ2) is 32.6. The topological polar surface area (TPSA) is 189 Å². The first kappa shape index (κ1) is 49.3. The summed E-state index contributed by atoms with van der Waals surface area (Å²) in [7, 11) is 0. The summed E-state index contributed by atoms with van der Waals surface area (Å²) in [6.45, 7) is 3.14. The number of hydrogen-bond donors (Lipinski definition) is 8. The van der Waals surface area contributed by atoms with Gasteiger partial charge in [0.1, 0.15) is 36.6 Å². The normalized spacial score (nSPS) is 23.2. The summed E-state index contributed by atoms with van der Waals surface area (Å²) in [5.74, 6) is -0.721. The van der Waals surface area contributed by atoms with Crippen LogP contribution in [-0.4, -0.2) is 110 Å². The van der Waals surface area contributed by atoms with Gasteiger partial charge in [0.25, 0.3) is 0 Å². The van der Waals surface area contributed by atoms with Crippen molar-refractivity contribution in [1.82, 2.24) is 5.32 Å². The maximum Gasteiger partial charge on any atom is 0.249 e. The molecule has 1 amide bonds. The number of ether oxygens (including phenoxy) is 2. The molecule has 1 fully saturated rings. The summed E-state index contributed by atoms with van der Waals surface area (Å²) in [5, 5.41) is 75.1. The average Bonchev–Trinajstić information content (AvgIpc) is 3.16. The van der Waals surface area contributed by atoms with E-state index in [-0.39, 0.29) is 12.8 Å². The summed E-state index contributed by atoms with van der Waals surface area (Å²) in [5.41, 5.74) is 0. The summed E-state index contributed by atoms with van der Waals surface area (Å²) in [6.07, 6.45) is 23.8. The number of carbonyl (C=O) groups is 1. The molecule has 1 saturated heterocycles. The first-order valence-corrected chi connectivity index (χ1v) is 20.9. The molecular formula is C42H77NO10. The third kappa shape index (κ3) is 23.1. The van der Waals surface area contributed by atoms with E-state index in [2.05, 4.69) is 36.5 Å². The Morgan fingerprint density at radius 2 is 1.21 bits per heavy atom. The molecule has 8 N–H and O–H groups in total. The number of amides is 1. The van der Waals surface area contributed by atoms with Crippen LogP contribution in [0.15, 0.2) is 36.5 Å². The molecule has 0 aromatic rings. The largest absolute Gasteiger partial charge is 0.394 e. The number of unbranched alkanes of at least 4 members (excludes halogenated alkanes) is 16. The highest BCUT2D eigenvalue weighted by atomic mass is 16.7. The predicted octanol–water partition coefficient (Wildman–Crippen LogP) is 5.66. The van der Waals surface area contributed by atoms with E-state index in [1.807, 2.05) is 19.1 Å². The molecule has 1 aliphatic rings. The van der Waals surface area contributed by atoms with E-state index >= 15 is 0 Å². The molecule has 9 unspecified atom stereocenters. The monoisotopic (exact) mass is 756 g/mol. The van der Waals surface area contributed by atoms with Crippen LogP contribution in [-0.2, 0) is 14.3 Å². The zero-order chi connectivity index (χ0) is 39.1. The number of carbonyl (C=O) groups excluding carboxylic acids is 1. The van der Waals surface area contributed by atoms with E-state index < -0.39 is 74.2 Å². The fraction of sp³-hybridized carbons (Fsp3) is 0.833. The standard InChI is InChI=1S/C42H77NO10/c1-3-5-7-9-11-13-14-15-16-17-18-19-20-21-22-24-26-28-30-35(46)41(51)43-33(32-52-42-40(50)39(49)38(48)36(31-44)53-42)37(47)34(45)29-27-25-23-12-10-8-6-4-2/h4,6,12,17-18,23,33-40,42,44-50H,3,5,7-11,13-16,19-22,24-32H2,1-2H3,(H,43,51)/b6-4+,18-17-,23-12+. The van der Waals surface area contributed by atoms with Crippen molar-refractivity contribution in [2.24, 2.45) is 0 Å². The predicted molar refractivity (Wildman–Crippen MR) is 210 cm³/mol. The van der Waals surface area contributed by atoms with Gasteiger partial charge >= 0.3 is 0 Å². The molecule has 1 aliphatic heterocycles. The molecule has 0 saturated carbocycles. The number of hydrogen-bond acceptors (Lipinski definition) is 10. The third-order valence-corrected chi connectivity index (χ3v) is 9.99. The van der Waals surface area contributed by atoms with Crippen LogP contribution < -0.4 is 5.32 Å². The molecule has 11 nitrogen and oxygen atoms in total. The first-order valence-electron chi connectivity index (χ1n) is 20.9. The van der Waals surface area contributed by atoms with Crippen molar-refractivity contribution in [3.63, 3.8) is 0 Å².